The predicted octanol–water partition coefficient (Wildman–Crippen LogP) is 0.717. The van der Waals surface area contributed by atoms with Gasteiger partial charge in [0.05, 0.1) is 12.2 Å². The van der Waals surface area contributed by atoms with Crippen LogP contribution in [-0.4, -0.2) is 22.9 Å². The van der Waals surface area contributed by atoms with Crippen LogP contribution >= 0.6 is 0 Å². The van der Waals surface area contributed by atoms with Crippen molar-refractivity contribution in [3.63, 3.8) is 0 Å². The first-order chi connectivity index (χ1) is 7.13. The Morgan fingerprint density at radius 3 is 3.00 bits per heavy atom. The fourth-order valence-corrected chi connectivity index (χ4v) is 1.23. The Bertz CT molecular complexity index is 395. The molecule has 0 unspecified atom stereocenters. The van der Waals surface area contributed by atoms with E-state index in [9.17, 15) is 4.79 Å². The van der Waals surface area contributed by atoms with Gasteiger partial charge in [-0.2, -0.15) is 5.10 Å². The topological polar surface area (TPSA) is 46.9 Å². The van der Waals surface area contributed by atoms with E-state index >= 15 is 0 Å². The standard InChI is InChI=1S/C11H17N3O/c1-4-12-7-9(2)8-14-11(15)6-5-10(3)13-14/h5-6,12H,2,4,7-8H2,1,3H3. The zero-order valence-electron chi connectivity index (χ0n) is 9.29. The van der Waals surface area contributed by atoms with Gasteiger partial charge in [-0.15, -0.1) is 0 Å². The van der Waals surface area contributed by atoms with Crippen molar-refractivity contribution < 1.29 is 0 Å². The quantitative estimate of drug-likeness (QED) is 0.724. The first-order valence-corrected chi connectivity index (χ1v) is 5.05. The molecule has 0 aromatic carbocycles. The van der Waals surface area contributed by atoms with Gasteiger partial charge in [0.1, 0.15) is 0 Å². The van der Waals surface area contributed by atoms with Crippen molar-refractivity contribution in [2.45, 2.75) is 20.4 Å². The minimum atomic E-state index is -0.0850. The van der Waals surface area contributed by atoms with Gasteiger partial charge in [0.2, 0.25) is 0 Å². The van der Waals surface area contributed by atoms with Crippen LogP contribution in [0.5, 0.6) is 0 Å². The predicted molar refractivity (Wildman–Crippen MR) is 60.9 cm³/mol. The highest BCUT2D eigenvalue weighted by Crippen LogP contribution is 1.92. The lowest BCUT2D eigenvalue weighted by Crippen LogP contribution is -2.26. The Morgan fingerprint density at radius 1 is 1.60 bits per heavy atom. The van der Waals surface area contributed by atoms with Gasteiger partial charge in [0, 0.05) is 12.6 Å². The minimum absolute atomic E-state index is 0.0850. The fraction of sp³-hybridized carbons (Fsp3) is 0.455. The summed E-state index contributed by atoms with van der Waals surface area (Å²) in [4.78, 5) is 11.4. The van der Waals surface area contributed by atoms with E-state index in [4.69, 9.17) is 0 Å². The number of likely N-dealkylation sites (N-methyl/N-ethyl adjacent to an activating group) is 1. The first kappa shape index (κ1) is 11.7. The van der Waals surface area contributed by atoms with Gasteiger partial charge in [-0.05, 0) is 25.1 Å². The monoisotopic (exact) mass is 207 g/mol. The van der Waals surface area contributed by atoms with Crippen LogP contribution in [0, 0.1) is 6.92 Å². The highest BCUT2D eigenvalue weighted by atomic mass is 16.1. The number of aromatic nitrogens is 2. The third kappa shape index (κ3) is 3.67. The molecule has 1 aromatic heterocycles. The Morgan fingerprint density at radius 2 is 2.33 bits per heavy atom. The van der Waals surface area contributed by atoms with Crippen LogP contribution < -0.4 is 10.9 Å². The van der Waals surface area contributed by atoms with Crippen molar-refractivity contribution in [2.75, 3.05) is 13.1 Å². The molecule has 1 heterocycles. The molecule has 0 fully saturated rings. The molecular formula is C11H17N3O. The molecule has 1 N–H and O–H groups in total. The number of hydrogen-bond acceptors (Lipinski definition) is 3. The van der Waals surface area contributed by atoms with Crippen LogP contribution in [0.4, 0.5) is 0 Å². The maximum absolute atomic E-state index is 11.4. The van der Waals surface area contributed by atoms with Gasteiger partial charge in [-0.1, -0.05) is 13.5 Å². The van der Waals surface area contributed by atoms with Crippen LogP contribution in [0.2, 0.25) is 0 Å². The van der Waals surface area contributed by atoms with E-state index in [-0.39, 0.29) is 5.56 Å². The van der Waals surface area contributed by atoms with Crippen LogP contribution in [0.1, 0.15) is 12.6 Å². The molecule has 0 spiro atoms. The average Bonchev–Trinajstić information content (AvgIpc) is 2.20. The molecule has 4 nitrogen and oxygen atoms in total. The molecule has 0 saturated heterocycles. The van der Waals surface area contributed by atoms with Crippen molar-refractivity contribution in [3.8, 4) is 0 Å². The lowest BCUT2D eigenvalue weighted by molar-refractivity contribution is 0.602. The van der Waals surface area contributed by atoms with Gasteiger partial charge in [0.15, 0.2) is 0 Å². The van der Waals surface area contributed by atoms with E-state index in [1.165, 1.54) is 10.7 Å². The van der Waals surface area contributed by atoms with E-state index in [2.05, 4.69) is 17.0 Å². The summed E-state index contributed by atoms with van der Waals surface area (Å²) in [7, 11) is 0. The van der Waals surface area contributed by atoms with Gasteiger partial charge >= 0.3 is 0 Å². The molecule has 0 bridgehead atoms. The third-order valence-electron chi connectivity index (χ3n) is 2.00. The molecule has 82 valence electrons. The van der Waals surface area contributed by atoms with Crippen molar-refractivity contribution in [1.82, 2.24) is 15.1 Å². The second-order valence-corrected chi connectivity index (χ2v) is 3.50. The van der Waals surface area contributed by atoms with Crippen LogP contribution in [0.15, 0.2) is 29.1 Å². The van der Waals surface area contributed by atoms with E-state index in [1.807, 2.05) is 13.8 Å². The average molecular weight is 207 g/mol. The zero-order valence-corrected chi connectivity index (χ0v) is 9.29. The molecule has 0 aliphatic rings. The highest BCUT2D eigenvalue weighted by molar-refractivity contribution is 5.01. The summed E-state index contributed by atoms with van der Waals surface area (Å²) in [5, 5.41) is 7.30. The third-order valence-corrected chi connectivity index (χ3v) is 2.00. The fourth-order valence-electron chi connectivity index (χ4n) is 1.23. The summed E-state index contributed by atoms with van der Waals surface area (Å²) in [6.45, 7) is 9.89. The molecule has 1 rings (SSSR count). The van der Waals surface area contributed by atoms with E-state index in [0.29, 0.717) is 6.54 Å². The Hall–Kier alpha value is -1.42. The maximum Gasteiger partial charge on any atom is 0.267 e. The number of nitrogens with zero attached hydrogens (tertiary/aromatic N) is 2. The Kier molecular flexibility index (Phi) is 4.24. The summed E-state index contributed by atoms with van der Waals surface area (Å²) < 4.78 is 1.44. The summed E-state index contributed by atoms with van der Waals surface area (Å²) in [6.07, 6.45) is 0. The second-order valence-electron chi connectivity index (χ2n) is 3.50. The molecule has 0 amide bonds. The molecular weight excluding hydrogens is 190 g/mol. The molecule has 0 radical (unpaired) electrons. The van der Waals surface area contributed by atoms with Gasteiger partial charge in [-0.25, -0.2) is 4.68 Å². The van der Waals surface area contributed by atoms with E-state index in [1.54, 1.807) is 6.07 Å². The van der Waals surface area contributed by atoms with Crippen molar-refractivity contribution in [3.05, 3.63) is 40.3 Å². The smallest absolute Gasteiger partial charge is 0.267 e. The van der Waals surface area contributed by atoms with Crippen LogP contribution in [-0.2, 0) is 6.54 Å². The SMILES string of the molecule is C=C(CNCC)Cn1nc(C)ccc1=O. The van der Waals surface area contributed by atoms with E-state index < -0.39 is 0 Å². The number of hydrogen-bond donors (Lipinski definition) is 1. The van der Waals surface area contributed by atoms with Crippen molar-refractivity contribution in [1.29, 1.82) is 0 Å². The summed E-state index contributed by atoms with van der Waals surface area (Å²) >= 11 is 0. The highest BCUT2D eigenvalue weighted by Gasteiger charge is 2.00. The molecule has 0 atom stereocenters. The van der Waals surface area contributed by atoms with Gasteiger partial charge in [0.25, 0.3) is 5.56 Å². The molecule has 4 heteroatoms. The Balaban J connectivity index is 2.68. The molecule has 1 aromatic rings. The number of aryl methyl sites for hydroxylation is 1. The first-order valence-electron chi connectivity index (χ1n) is 5.05. The van der Waals surface area contributed by atoms with E-state index in [0.717, 1.165) is 24.4 Å². The second kappa shape index (κ2) is 5.46. The van der Waals surface area contributed by atoms with Crippen molar-refractivity contribution >= 4 is 0 Å². The lowest BCUT2D eigenvalue weighted by Gasteiger charge is -2.08. The summed E-state index contributed by atoms with van der Waals surface area (Å²) in [5.74, 6) is 0. The number of nitrogens with one attached hydrogen (secondary N) is 1. The lowest BCUT2D eigenvalue weighted by atomic mass is 10.3. The minimum Gasteiger partial charge on any atom is -0.313 e. The number of rotatable bonds is 5. The normalized spacial score (nSPS) is 10.3. The van der Waals surface area contributed by atoms with Gasteiger partial charge in [-0.3, -0.25) is 4.79 Å². The molecule has 0 saturated carbocycles. The van der Waals surface area contributed by atoms with Gasteiger partial charge < -0.3 is 5.32 Å². The summed E-state index contributed by atoms with van der Waals surface area (Å²) in [6, 6.07) is 3.24. The summed E-state index contributed by atoms with van der Waals surface area (Å²) in [5.41, 5.74) is 1.71. The zero-order chi connectivity index (χ0) is 11.3. The largest absolute Gasteiger partial charge is 0.313 e. The molecule has 15 heavy (non-hydrogen) atoms. The van der Waals surface area contributed by atoms with Crippen molar-refractivity contribution in [2.24, 2.45) is 0 Å². The Labute approximate surface area is 89.6 Å². The maximum atomic E-state index is 11.4. The molecule has 0 aliphatic heterocycles. The van der Waals surface area contributed by atoms with Crippen LogP contribution in [0.3, 0.4) is 0 Å². The molecule has 0 aliphatic carbocycles. The van der Waals surface area contributed by atoms with Crippen LogP contribution in [0.25, 0.3) is 0 Å².